The number of nitrogens with one attached hydrogen (secondary N) is 2. The number of ether oxygens (including phenoxy) is 1. The van der Waals surface area contributed by atoms with Gasteiger partial charge in [-0.15, -0.1) is 0 Å². The van der Waals surface area contributed by atoms with Gasteiger partial charge in [-0.1, -0.05) is 38.1 Å². The third-order valence-electron chi connectivity index (χ3n) is 3.74. The molecule has 0 aliphatic rings. The minimum absolute atomic E-state index is 0.0677. The Hall–Kier alpha value is -3.22. The van der Waals surface area contributed by atoms with E-state index in [9.17, 15) is 18.8 Å². The Balaban J connectivity index is 1.88. The van der Waals surface area contributed by atoms with Crippen LogP contribution >= 0.6 is 0 Å². The van der Waals surface area contributed by atoms with Crippen molar-refractivity contribution >= 4 is 23.5 Å². The van der Waals surface area contributed by atoms with Gasteiger partial charge in [-0.25, -0.2) is 4.39 Å². The molecule has 0 aliphatic heterocycles. The van der Waals surface area contributed by atoms with Gasteiger partial charge in [-0.05, 0) is 35.7 Å². The van der Waals surface area contributed by atoms with Crippen LogP contribution in [0.3, 0.4) is 0 Å². The summed E-state index contributed by atoms with van der Waals surface area (Å²) in [4.78, 5) is 36.2. The lowest BCUT2D eigenvalue weighted by molar-refractivity contribution is -0.146. The summed E-state index contributed by atoms with van der Waals surface area (Å²) in [7, 11) is 0. The highest BCUT2D eigenvalue weighted by molar-refractivity contribution is 6.04. The predicted molar refractivity (Wildman–Crippen MR) is 103 cm³/mol. The number of carbonyl (C=O) groups is 3. The van der Waals surface area contributed by atoms with Crippen LogP contribution in [-0.4, -0.2) is 30.9 Å². The van der Waals surface area contributed by atoms with Crippen molar-refractivity contribution in [3.63, 3.8) is 0 Å². The van der Waals surface area contributed by atoms with Crippen molar-refractivity contribution in [1.29, 1.82) is 0 Å². The fourth-order valence-electron chi connectivity index (χ4n) is 2.33. The van der Waals surface area contributed by atoms with E-state index in [4.69, 9.17) is 4.74 Å². The SMILES string of the molecule is CC(C)CNC(=O)c1ccccc1NC(=O)COC(=O)Cc1ccc(F)cc1. The molecule has 0 spiro atoms. The second-order valence-corrected chi connectivity index (χ2v) is 6.66. The van der Waals surface area contributed by atoms with Crippen LogP contribution in [0.4, 0.5) is 10.1 Å². The lowest BCUT2D eigenvalue weighted by Crippen LogP contribution is -2.29. The van der Waals surface area contributed by atoms with E-state index in [-0.39, 0.29) is 12.3 Å². The van der Waals surface area contributed by atoms with Crippen molar-refractivity contribution in [2.45, 2.75) is 20.3 Å². The number of hydrogen-bond acceptors (Lipinski definition) is 4. The molecule has 0 unspecified atom stereocenters. The van der Waals surface area contributed by atoms with Gasteiger partial charge in [-0.3, -0.25) is 14.4 Å². The van der Waals surface area contributed by atoms with Crippen molar-refractivity contribution in [3.05, 3.63) is 65.5 Å². The molecule has 0 radical (unpaired) electrons. The van der Waals surface area contributed by atoms with E-state index < -0.39 is 24.3 Å². The van der Waals surface area contributed by atoms with Crippen LogP contribution in [0.5, 0.6) is 0 Å². The molecule has 2 rings (SSSR count). The number of anilines is 1. The van der Waals surface area contributed by atoms with Crippen molar-refractivity contribution in [1.82, 2.24) is 5.32 Å². The van der Waals surface area contributed by atoms with Gasteiger partial charge in [0.25, 0.3) is 11.8 Å². The van der Waals surface area contributed by atoms with Gasteiger partial charge in [0.15, 0.2) is 6.61 Å². The highest BCUT2D eigenvalue weighted by Crippen LogP contribution is 2.15. The Bertz CT molecular complexity index is 835. The number of carbonyl (C=O) groups excluding carboxylic acids is 3. The standard InChI is InChI=1S/C21H23FN2O4/c1-14(2)12-23-21(27)17-5-3-4-6-18(17)24-19(25)13-28-20(26)11-15-7-9-16(22)10-8-15/h3-10,14H,11-13H2,1-2H3,(H,23,27)(H,24,25). The number of para-hydroxylation sites is 1. The topological polar surface area (TPSA) is 84.5 Å². The van der Waals surface area contributed by atoms with Crippen LogP contribution in [0.25, 0.3) is 0 Å². The molecule has 7 heteroatoms. The van der Waals surface area contributed by atoms with Gasteiger partial charge >= 0.3 is 5.97 Å². The third-order valence-corrected chi connectivity index (χ3v) is 3.74. The lowest BCUT2D eigenvalue weighted by Gasteiger charge is -2.12. The molecule has 2 aromatic rings. The van der Waals surface area contributed by atoms with E-state index in [2.05, 4.69) is 10.6 Å². The molecule has 2 aromatic carbocycles. The summed E-state index contributed by atoms with van der Waals surface area (Å²) in [5.41, 5.74) is 1.25. The van der Waals surface area contributed by atoms with Crippen LogP contribution in [-0.2, 0) is 20.7 Å². The zero-order chi connectivity index (χ0) is 20.5. The number of amides is 2. The van der Waals surface area contributed by atoms with Gasteiger partial charge in [0.1, 0.15) is 5.82 Å². The molecule has 2 amide bonds. The molecule has 0 bridgehead atoms. The first-order chi connectivity index (χ1) is 13.3. The Kier molecular flexibility index (Phi) is 7.68. The van der Waals surface area contributed by atoms with E-state index in [0.717, 1.165) is 0 Å². The molecule has 2 N–H and O–H groups in total. The fourth-order valence-corrected chi connectivity index (χ4v) is 2.33. The number of hydrogen-bond donors (Lipinski definition) is 2. The fraction of sp³-hybridized carbons (Fsp3) is 0.286. The summed E-state index contributed by atoms with van der Waals surface area (Å²) in [5, 5.41) is 5.37. The van der Waals surface area contributed by atoms with Gasteiger partial charge < -0.3 is 15.4 Å². The summed E-state index contributed by atoms with van der Waals surface area (Å²) < 4.78 is 17.8. The second-order valence-electron chi connectivity index (χ2n) is 6.66. The molecule has 148 valence electrons. The van der Waals surface area contributed by atoms with E-state index in [1.807, 2.05) is 13.8 Å². The average Bonchev–Trinajstić information content (AvgIpc) is 2.67. The lowest BCUT2D eigenvalue weighted by atomic mass is 10.1. The third kappa shape index (κ3) is 6.83. The molecule has 0 saturated carbocycles. The number of halogens is 1. The average molecular weight is 386 g/mol. The first-order valence-electron chi connectivity index (χ1n) is 8.92. The first-order valence-corrected chi connectivity index (χ1v) is 8.92. The maximum Gasteiger partial charge on any atom is 0.310 e. The van der Waals surface area contributed by atoms with Crippen LogP contribution in [0.1, 0.15) is 29.8 Å². The highest BCUT2D eigenvalue weighted by Gasteiger charge is 2.14. The molecule has 0 heterocycles. The molecule has 0 fully saturated rings. The van der Waals surface area contributed by atoms with Gasteiger partial charge in [0, 0.05) is 6.54 Å². The second kappa shape index (κ2) is 10.2. The smallest absolute Gasteiger partial charge is 0.310 e. The Morgan fingerprint density at radius 2 is 1.71 bits per heavy atom. The van der Waals surface area contributed by atoms with Gasteiger partial charge in [0.05, 0.1) is 17.7 Å². The molecule has 28 heavy (non-hydrogen) atoms. The van der Waals surface area contributed by atoms with Crippen molar-refractivity contribution in [3.8, 4) is 0 Å². The monoisotopic (exact) mass is 386 g/mol. The van der Waals surface area contributed by atoms with Gasteiger partial charge in [0.2, 0.25) is 0 Å². The van der Waals surface area contributed by atoms with Crippen LogP contribution in [0.15, 0.2) is 48.5 Å². The minimum atomic E-state index is -0.607. The summed E-state index contributed by atoms with van der Waals surface area (Å²) in [6.07, 6.45) is -0.0677. The Labute approximate surface area is 163 Å². The molecule has 0 atom stereocenters. The first kappa shape index (κ1) is 21.1. The molecule has 0 saturated heterocycles. The Morgan fingerprint density at radius 3 is 2.39 bits per heavy atom. The zero-order valence-corrected chi connectivity index (χ0v) is 15.8. The normalized spacial score (nSPS) is 10.4. The van der Waals surface area contributed by atoms with E-state index >= 15 is 0 Å². The summed E-state index contributed by atoms with van der Waals surface area (Å²) in [5.74, 6) is -1.56. The van der Waals surface area contributed by atoms with Crippen LogP contribution in [0, 0.1) is 11.7 Å². The number of rotatable bonds is 8. The zero-order valence-electron chi connectivity index (χ0n) is 15.8. The van der Waals surface area contributed by atoms with Crippen LogP contribution < -0.4 is 10.6 Å². The van der Waals surface area contributed by atoms with E-state index in [0.29, 0.717) is 29.3 Å². The van der Waals surface area contributed by atoms with Crippen molar-refractivity contribution in [2.24, 2.45) is 5.92 Å². The largest absolute Gasteiger partial charge is 0.455 e. The molecule has 0 aromatic heterocycles. The molecular weight excluding hydrogens is 363 g/mol. The maximum atomic E-state index is 12.9. The maximum absolute atomic E-state index is 12.9. The summed E-state index contributed by atoms with van der Waals surface area (Å²) in [6, 6.07) is 12.0. The highest BCUT2D eigenvalue weighted by atomic mass is 19.1. The molecular formula is C21H23FN2O4. The van der Waals surface area contributed by atoms with Gasteiger partial charge in [-0.2, -0.15) is 0 Å². The summed E-state index contributed by atoms with van der Waals surface area (Å²) in [6.45, 7) is 3.99. The quantitative estimate of drug-likeness (QED) is 0.683. The van der Waals surface area contributed by atoms with Crippen molar-refractivity contribution in [2.75, 3.05) is 18.5 Å². The number of benzene rings is 2. The molecule has 6 nitrogen and oxygen atoms in total. The van der Waals surface area contributed by atoms with Crippen LogP contribution in [0.2, 0.25) is 0 Å². The minimum Gasteiger partial charge on any atom is -0.455 e. The molecule has 0 aliphatic carbocycles. The Morgan fingerprint density at radius 1 is 1.04 bits per heavy atom. The number of esters is 1. The summed E-state index contributed by atoms with van der Waals surface area (Å²) >= 11 is 0. The predicted octanol–water partition coefficient (Wildman–Crippen LogP) is 2.94. The van der Waals surface area contributed by atoms with E-state index in [1.165, 1.54) is 24.3 Å². The van der Waals surface area contributed by atoms with E-state index in [1.54, 1.807) is 24.3 Å². The van der Waals surface area contributed by atoms with Crippen molar-refractivity contribution < 1.29 is 23.5 Å².